The minimum absolute atomic E-state index is 0.0430. The highest BCUT2D eigenvalue weighted by Gasteiger charge is 2.31. The van der Waals surface area contributed by atoms with Crippen LogP contribution in [0.3, 0.4) is 0 Å². The number of hydrogen-bond acceptors (Lipinski definition) is 6. The normalized spacial score (nSPS) is 15.8. The Morgan fingerprint density at radius 2 is 1.96 bits per heavy atom. The Morgan fingerprint density at radius 1 is 1.24 bits per heavy atom. The van der Waals surface area contributed by atoms with Crippen LogP contribution < -0.4 is 11.2 Å². The Morgan fingerprint density at radius 3 is 2.64 bits per heavy atom. The molecule has 1 N–H and O–H groups in total. The molecular weight excluding hydrogens is 350 g/mol. The van der Waals surface area contributed by atoms with Gasteiger partial charge in [0.25, 0.3) is 5.56 Å². The van der Waals surface area contributed by atoms with E-state index >= 15 is 0 Å². The standard InChI is InChI=1S/C14H19N5O5S/c1-16-8-12(13(21)17(2)14(16)22)25(23,24)18-4-3-5-19-11(7-18)6-10(9-20)15-19/h6,8,20H,3-5,7,9H2,1-2H3. The zero-order valence-corrected chi connectivity index (χ0v) is 14.7. The van der Waals surface area contributed by atoms with E-state index in [-0.39, 0.29) is 19.7 Å². The van der Waals surface area contributed by atoms with Gasteiger partial charge in [0, 0.05) is 33.4 Å². The molecule has 10 nitrogen and oxygen atoms in total. The molecule has 0 atom stereocenters. The third-order valence-electron chi connectivity index (χ3n) is 4.22. The van der Waals surface area contributed by atoms with Crippen molar-refractivity contribution >= 4 is 10.0 Å². The SMILES string of the molecule is Cn1cc(S(=O)(=O)N2CCCn3nc(CO)cc3C2)c(=O)n(C)c1=O. The largest absolute Gasteiger partial charge is 0.390 e. The van der Waals surface area contributed by atoms with Crippen molar-refractivity contribution in [3.63, 3.8) is 0 Å². The van der Waals surface area contributed by atoms with E-state index in [1.54, 1.807) is 10.7 Å². The molecule has 1 aliphatic rings. The zero-order valence-electron chi connectivity index (χ0n) is 13.9. The van der Waals surface area contributed by atoms with Gasteiger partial charge in [0.15, 0.2) is 4.90 Å². The molecule has 136 valence electrons. The van der Waals surface area contributed by atoms with Crippen LogP contribution in [0.1, 0.15) is 17.8 Å². The van der Waals surface area contributed by atoms with Gasteiger partial charge in [0.05, 0.1) is 24.5 Å². The second-order valence-corrected chi connectivity index (χ2v) is 7.86. The number of aromatic nitrogens is 4. The molecule has 0 unspecified atom stereocenters. The third-order valence-corrected chi connectivity index (χ3v) is 6.05. The maximum atomic E-state index is 13.0. The fourth-order valence-corrected chi connectivity index (χ4v) is 4.46. The smallest absolute Gasteiger partial charge is 0.330 e. The van der Waals surface area contributed by atoms with E-state index in [0.717, 1.165) is 15.3 Å². The van der Waals surface area contributed by atoms with Crippen LogP contribution in [0.2, 0.25) is 0 Å². The van der Waals surface area contributed by atoms with E-state index in [1.807, 2.05) is 0 Å². The number of rotatable bonds is 3. The summed E-state index contributed by atoms with van der Waals surface area (Å²) in [6.45, 7) is 0.564. The van der Waals surface area contributed by atoms with Crippen LogP contribution in [0.5, 0.6) is 0 Å². The van der Waals surface area contributed by atoms with E-state index in [1.165, 1.54) is 18.4 Å². The Kier molecular flexibility index (Phi) is 4.39. The Bertz CT molecular complexity index is 1030. The average molecular weight is 369 g/mol. The third kappa shape index (κ3) is 2.94. The zero-order chi connectivity index (χ0) is 18.4. The molecule has 0 saturated carbocycles. The minimum atomic E-state index is -4.08. The van der Waals surface area contributed by atoms with E-state index in [4.69, 9.17) is 0 Å². The van der Waals surface area contributed by atoms with Gasteiger partial charge < -0.3 is 9.67 Å². The summed E-state index contributed by atoms with van der Waals surface area (Å²) in [5.41, 5.74) is -0.332. The van der Waals surface area contributed by atoms with Crippen molar-refractivity contribution in [1.29, 1.82) is 0 Å². The van der Waals surface area contributed by atoms with E-state index in [0.29, 0.717) is 24.4 Å². The number of aryl methyl sites for hydroxylation is 2. The average Bonchev–Trinajstić information content (AvgIpc) is 2.86. The summed E-state index contributed by atoms with van der Waals surface area (Å²) in [7, 11) is -1.44. The number of sulfonamides is 1. The predicted molar refractivity (Wildman–Crippen MR) is 87.3 cm³/mol. The van der Waals surface area contributed by atoms with Gasteiger partial charge in [-0.05, 0) is 12.5 Å². The highest BCUT2D eigenvalue weighted by Crippen LogP contribution is 2.20. The Labute approximate surface area is 143 Å². The van der Waals surface area contributed by atoms with Crippen molar-refractivity contribution in [2.75, 3.05) is 6.54 Å². The Balaban J connectivity index is 2.06. The van der Waals surface area contributed by atoms with Gasteiger partial charge in [-0.15, -0.1) is 0 Å². The molecule has 0 radical (unpaired) electrons. The molecule has 25 heavy (non-hydrogen) atoms. The fourth-order valence-electron chi connectivity index (χ4n) is 2.87. The first kappa shape index (κ1) is 17.6. The summed E-state index contributed by atoms with van der Waals surface area (Å²) < 4.78 is 30.7. The molecule has 2 aromatic heterocycles. The lowest BCUT2D eigenvalue weighted by Gasteiger charge is -2.19. The second-order valence-electron chi connectivity index (χ2n) is 5.95. The molecule has 0 amide bonds. The molecule has 0 fully saturated rings. The molecular formula is C14H19N5O5S. The number of fused-ring (bicyclic) bond motifs is 1. The van der Waals surface area contributed by atoms with Crippen LogP contribution in [0.25, 0.3) is 0 Å². The highest BCUT2D eigenvalue weighted by atomic mass is 32.2. The highest BCUT2D eigenvalue weighted by molar-refractivity contribution is 7.89. The minimum Gasteiger partial charge on any atom is -0.390 e. The van der Waals surface area contributed by atoms with Crippen LogP contribution >= 0.6 is 0 Å². The summed E-state index contributed by atoms with van der Waals surface area (Å²) in [5, 5.41) is 13.4. The maximum Gasteiger partial charge on any atom is 0.330 e. The first-order valence-electron chi connectivity index (χ1n) is 7.69. The summed E-state index contributed by atoms with van der Waals surface area (Å²) in [6.07, 6.45) is 1.58. The maximum absolute atomic E-state index is 13.0. The van der Waals surface area contributed by atoms with Crippen LogP contribution in [0, 0.1) is 0 Å². The van der Waals surface area contributed by atoms with Crippen molar-refractivity contribution in [2.24, 2.45) is 14.1 Å². The van der Waals surface area contributed by atoms with Gasteiger partial charge in [-0.25, -0.2) is 13.2 Å². The molecule has 0 aromatic carbocycles. The van der Waals surface area contributed by atoms with Crippen LogP contribution in [0.4, 0.5) is 0 Å². The van der Waals surface area contributed by atoms with E-state index < -0.39 is 26.2 Å². The summed E-state index contributed by atoms with van der Waals surface area (Å²) in [5.74, 6) is 0. The van der Waals surface area contributed by atoms with Crippen LogP contribution in [-0.4, -0.2) is 43.3 Å². The van der Waals surface area contributed by atoms with Crippen molar-refractivity contribution in [3.05, 3.63) is 44.5 Å². The quantitative estimate of drug-likeness (QED) is 0.694. The van der Waals surface area contributed by atoms with Crippen molar-refractivity contribution < 1.29 is 13.5 Å². The van der Waals surface area contributed by atoms with Gasteiger partial charge in [-0.1, -0.05) is 0 Å². The molecule has 0 bridgehead atoms. The van der Waals surface area contributed by atoms with Gasteiger partial charge >= 0.3 is 5.69 Å². The number of aliphatic hydroxyl groups is 1. The van der Waals surface area contributed by atoms with Crippen molar-refractivity contribution in [2.45, 2.75) is 31.0 Å². The lowest BCUT2D eigenvalue weighted by molar-refractivity contribution is 0.275. The molecule has 1 aliphatic heterocycles. The lowest BCUT2D eigenvalue weighted by atomic mass is 10.3. The predicted octanol–water partition coefficient (Wildman–Crippen LogP) is -1.63. The number of aliphatic hydroxyl groups excluding tert-OH is 1. The van der Waals surface area contributed by atoms with E-state index in [9.17, 15) is 23.1 Å². The number of nitrogens with zero attached hydrogens (tertiary/aromatic N) is 5. The van der Waals surface area contributed by atoms with Gasteiger partial charge in [-0.3, -0.25) is 14.0 Å². The van der Waals surface area contributed by atoms with Gasteiger partial charge in [0.2, 0.25) is 10.0 Å². The first-order valence-corrected chi connectivity index (χ1v) is 9.13. The monoisotopic (exact) mass is 369 g/mol. The van der Waals surface area contributed by atoms with E-state index in [2.05, 4.69) is 5.10 Å². The fraction of sp³-hybridized carbons (Fsp3) is 0.500. The Hall–Kier alpha value is -2.24. The summed E-state index contributed by atoms with van der Waals surface area (Å²) in [6, 6.07) is 1.65. The lowest BCUT2D eigenvalue weighted by Crippen LogP contribution is -2.42. The van der Waals surface area contributed by atoms with Gasteiger partial charge in [-0.2, -0.15) is 9.40 Å². The summed E-state index contributed by atoms with van der Waals surface area (Å²) >= 11 is 0. The van der Waals surface area contributed by atoms with Crippen LogP contribution in [0.15, 0.2) is 26.7 Å². The molecule has 0 aliphatic carbocycles. The molecule has 0 spiro atoms. The van der Waals surface area contributed by atoms with Crippen molar-refractivity contribution in [1.82, 2.24) is 23.2 Å². The van der Waals surface area contributed by atoms with Gasteiger partial charge in [0.1, 0.15) is 0 Å². The topological polar surface area (TPSA) is 119 Å². The second kappa shape index (κ2) is 6.24. The molecule has 0 saturated heterocycles. The molecule has 11 heteroatoms. The van der Waals surface area contributed by atoms with Crippen LogP contribution in [-0.2, 0) is 43.8 Å². The van der Waals surface area contributed by atoms with Crippen molar-refractivity contribution in [3.8, 4) is 0 Å². The molecule has 2 aromatic rings. The molecule has 3 rings (SSSR count). The number of hydrogen-bond donors (Lipinski definition) is 1. The first-order chi connectivity index (χ1) is 11.8. The summed E-state index contributed by atoms with van der Waals surface area (Å²) in [4.78, 5) is 23.7. The molecule has 3 heterocycles.